The van der Waals surface area contributed by atoms with E-state index in [1.807, 2.05) is 0 Å². The first-order chi connectivity index (χ1) is 22.4. The van der Waals surface area contributed by atoms with Gasteiger partial charge < -0.3 is 25.2 Å². The van der Waals surface area contributed by atoms with E-state index in [1.165, 1.54) is 24.3 Å². The van der Waals surface area contributed by atoms with Crippen LogP contribution in [-0.4, -0.2) is 70.4 Å². The number of rotatable bonds is 9. The third-order valence-electron chi connectivity index (χ3n) is 6.73. The molecule has 3 aromatic rings. The lowest BCUT2D eigenvalue weighted by atomic mass is 10.1. The fourth-order valence-electron chi connectivity index (χ4n) is 4.71. The van der Waals surface area contributed by atoms with Crippen LogP contribution in [-0.2, 0) is 22.3 Å². The molecule has 0 bridgehead atoms. The molecule has 4 rings (SSSR count). The molecular formula is C36H43F2N3O7. The molecule has 1 aliphatic heterocycles. The molecule has 0 fully saturated rings. The maximum absolute atomic E-state index is 13.2. The highest BCUT2D eigenvalue weighted by molar-refractivity contribution is 6.21. The molecule has 258 valence electrons. The first kappa shape index (κ1) is 37.6. The predicted octanol–water partition coefficient (Wildman–Crippen LogP) is 5.81. The number of ether oxygens (including phenoxy) is 2. The van der Waals surface area contributed by atoms with Gasteiger partial charge >= 0.3 is 12.2 Å². The first-order valence-corrected chi connectivity index (χ1v) is 15.5. The monoisotopic (exact) mass is 667 g/mol. The van der Waals surface area contributed by atoms with Gasteiger partial charge in [-0.15, -0.1) is 0 Å². The summed E-state index contributed by atoms with van der Waals surface area (Å²) in [7, 11) is 0. The molecule has 1 aliphatic rings. The average Bonchev–Trinajstić information content (AvgIpc) is 3.22. The quantitative estimate of drug-likeness (QED) is 0.245. The number of carbonyl (C=O) groups excluding carboxylic acids is 4. The van der Waals surface area contributed by atoms with Gasteiger partial charge in [0.15, 0.2) is 0 Å². The number of carbonyl (C=O) groups is 4. The Morgan fingerprint density at radius 3 is 1.44 bits per heavy atom. The Bertz CT molecular complexity index is 1530. The van der Waals surface area contributed by atoms with Crippen molar-refractivity contribution in [3.05, 3.63) is 107 Å². The SMILES string of the molecule is CC(C)(C)OC(=O)N[C@@H](CO)Cc1ccc(F)cc1.CC(C)(C)OC(=O)N[C@H](Cc1ccc(F)cc1)CN1C(=O)c2ccccc2C1=O. The number of aliphatic hydroxyl groups excluding tert-OH is 1. The largest absolute Gasteiger partial charge is 0.444 e. The molecule has 10 nitrogen and oxygen atoms in total. The number of fused-ring (bicyclic) bond motifs is 1. The van der Waals surface area contributed by atoms with E-state index >= 15 is 0 Å². The molecule has 0 radical (unpaired) electrons. The molecule has 2 atom stereocenters. The molecule has 3 aromatic carbocycles. The van der Waals surface area contributed by atoms with Crippen LogP contribution in [0.1, 0.15) is 73.4 Å². The molecule has 3 N–H and O–H groups in total. The van der Waals surface area contributed by atoms with Crippen LogP contribution in [0.15, 0.2) is 72.8 Å². The van der Waals surface area contributed by atoms with Crippen molar-refractivity contribution in [3.63, 3.8) is 0 Å². The molecule has 0 unspecified atom stereocenters. The number of hydrogen-bond acceptors (Lipinski definition) is 7. The summed E-state index contributed by atoms with van der Waals surface area (Å²) in [6, 6.07) is 17.3. The molecule has 4 amide bonds. The van der Waals surface area contributed by atoms with Crippen molar-refractivity contribution >= 4 is 24.0 Å². The van der Waals surface area contributed by atoms with E-state index in [9.17, 15) is 33.1 Å². The minimum absolute atomic E-state index is 0.0248. The fourth-order valence-corrected chi connectivity index (χ4v) is 4.71. The number of nitrogens with one attached hydrogen (secondary N) is 2. The van der Waals surface area contributed by atoms with Crippen LogP contribution in [0.4, 0.5) is 18.4 Å². The molecule has 0 saturated heterocycles. The van der Waals surface area contributed by atoms with Crippen LogP contribution in [0.25, 0.3) is 0 Å². The van der Waals surface area contributed by atoms with Crippen LogP contribution in [0, 0.1) is 11.6 Å². The number of alkyl carbamates (subject to hydrolysis) is 2. The zero-order chi connectivity index (χ0) is 35.6. The number of halogens is 2. The van der Waals surface area contributed by atoms with E-state index in [0.717, 1.165) is 16.0 Å². The number of imide groups is 1. The maximum atomic E-state index is 13.2. The van der Waals surface area contributed by atoms with Crippen molar-refractivity contribution in [2.75, 3.05) is 13.2 Å². The van der Waals surface area contributed by atoms with Crippen LogP contribution < -0.4 is 10.6 Å². The lowest BCUT2D eigenvalue weighted by Crippen LogP contribution is -2.48. The summed E-state index contributed by atoms with van der Waals surface area (Å²) in [6.45, 7) is 10.3. The third kappa shape index (κ3) is 12.1. The number of aliphatic hydroxyl groups is 1. The van der Waals surface area contributed by atoms with Crippen LogP contribution >= 0.6 is 0 Å². The molecule has 48 heavy (non-hydrogen) atoms. The van der Waals surface area contributed by atoms with Crippen LogP contribution in [0.5, 0.6) is 0 Å². The van der Waals surface area contributed by atoms with Gasteiger partial charge in [-0.05, 0) is 102 Å². The second kappa shape index (κ2) is 16.3. The van der Waals surface area contributed by atoms with Crippen LogP contribution in [0.2, 0.25) is 0 Å². The number of nitrogens with zero attached hydrogens (tertiary/aromatic N) is 1. The van der Waals surface area contributed by atoms with E-state index in [0.29, 0.717) is 24.0 Å². The lowest BCUT2D eigenvalue weighted by Gasteiger charge is -2.26. The summed E-state index contributed by atoms with van der Waals surface area (Å²) >= 11 is 0. The standard InChI is InChI=1S/C22H23FN2O4.C14H20FNO3/c1-22(2,3)29-21(28)24-16(12-14-8-10-15(23)11-9-14)13-25-19(26)17-6-4-5-7-18(17)20(25)27;1-14(2,3)19-13(18)16-12(9-17)8-10-4-6-11(15)7-5-10/h4-11,16H,12-13H2,1-3H3,(H,24,28);4-7,12,17H,8-9H2,1-3H3,(H,16,18)/t16-;12-/m11/s1. The Kier molecular flexibility index (Phi) is 12.8. The highest BCUT2D eigenvalue weighted by Gasteiger charge is 2.37. The Hall–Kier alpha value is -4.84. The first-order valence-electron chi connectivity index (χ1n) is 15.5. The molecule has 0 aliphatic carbocycles. The van der Waals surface area contributed by atoms with Crippen molar-refractivity contribution in [3.8, 4) is 0 Å². The van der Waals surface area contributed by atoms with Gasteiger partial charge in [-0.25, -0.2) is 18.4 Å². The zero-order valence-electron chi connectivity index (χ0n) is 28.0. The molecule has 0 aromatic heterocycles. The van der Waals surface area contributed by atoms with E-state index in [-0.39, 0.29) is 24.8 Å². The molecule has 1 heterocycles. The highest BCUT2D eigenvalue weighted by atomic mass is 19.1. The van der Waals surface area contributed by atoms with Gasteiger partial charge in [0.1, 0.15) is 22.8 Å². The van der Waals surface area contributed by atoms with E-state index in [2.05, 4.69) is 10.6 Å². The Labute approximate surface area is 279 Å². The van der Waals surface area contributed by atoms with Gasteiger partial charge in [0.05, 0.1) is 36.4 Å². The van der Waals surface area contributed by atoms with E-state index in [1.54, 1.807) is 90.1 Å². The summed E-state index contributed by atoms with van der Waals surface area (Å²) in [4.78, 5) is 50.3. The summed E-state index contributed by atoms with van der Waals surface area (Å²) in [6.07, 6.45) is -0.516. The van der Waals surface area contributed by atoms with Crippen molar-refractivity contribution in [2.45, 2.75) is 77.7 Å². The highest BCUT2D eigenvalue weighted by Crippen LogP contribution is 2.23. The Balaban J connectivity index is 0.000000286. The van der Waals surface area contributed by atoms with Gasteiger partial charge in [0.2, 0.25) is 0 Å². The fraction of sp³-hybridized carbons (Fsp3) is 0.389. The second-order valence-electron chi connectivity index (χ2n) is 13.3. The molecule has 0 saturated carbocycles. The number of amides is 4. The second-order valence-corrected chi connectivity index (χ2v) is 13.3. The topological polar surface area (TPSA) is 134 Å². The minimum Gasteiger partial charge on any atom is -0.444 e. The molecule has 0 spiro atoms. The Morgan fingerprint density at radius 1 is 0.688 bits per heavy atom. The smallest absolute Gasteiger partial charge is 0.407 e. The van der Waals surface area contributed by atoms with Crippen molar-refractivity contribution in [1.29, 1.82) is 0 Å². The summed E-state index contributed by atoms with van der Waals surface area (Å²) in [5.74, 6) is -1.49. The maximum Gasteiger partial charge on any atom is 0.407 e. The van der Waals surface area contributed by atoms with Crippen LogP contribution in [0.3, 0.4) is 0 Å². The molecular weight excluding hydrogens is 624 g/mol. The van der Waals surface area contributed by atoms with Gasteiger partial charge in [-0.3, -0.25) is 14.5 Å². The minimum atomic E-state index is -0.694. The normalized spacial score (nSPS) is 13.9. The third-order valence-corrected chi connectivity index (χ3v) is 6.73. The van der Waals surface area contributed by atoms with Gasteiger partial charge in [-0.1, -0.05) is 36.4 Å². The van der Waals surface area contributed by atoms with Gasteiger partial charge in [0, 0.05) is 0 Å². The lowest BCUT2D eigenvalue weighted by molar-refractivity contribution is 0.0466. The van der Waals surface area contributed by atoms with E-state index < -0.39 is 47.3 Å². The zero-order valence-corrected chi connectivity index (χ0v) is 28.0. The predicted molar refractivity (Wildman–Crippen MR) is 175 cm³/mol. The Morgan fingerprint density at radius 2 is 1.06 bits per heavy atom. The average molecular weight is 668 g/mol. The van der Waals surface area contributed by atoms with Gasteiger partial charge in [0.25, 0.3) is 11.8 Å². The van der Waals surface area contributed by atoms with Crippen molar-refractivity contribution in [2.24, 2.45) is 0 Å². The summed E-state index contributed by atoms with van der Waals surface area (Å²) in [5.41, 5.74) is 0.992. The molecule has 12 heteroatoms. The van der Waals surface area contributed by atoms with Crippen molar-refractivity contribution < 1.29 is 42.5 Å². The van der Waals surface area contributed by atoms with Gasteiger partial charge in [-0.2, -0.15) is 0 Å². The number of hydrogen-bond donors (Lipinski definition) is 3. The van der Waals surface area contributed by atoms with Crippen molar-refractivity contribution in [1.82, 2.24) is 15.5 Å². The summed E-state index contributed by atoms with van der Waals surface area (Å²) in [5, 5.41) is 14.6. The van der Waals surface area contributed by atoms with E-state index in [4.69, 9.17) is 9.47 Å². The summed E-state index contributed by atoms with van der Waals surface area (Å²) < 4.78 is 36.4. The number of benzene rings is 3.